The summed E-state index contributed by atoms with van der Waals surface area (Å²) < 4.78 is 0. The molecule has 1 amide bonds. The normalized spacial score (nSPS) is 31.2. The Morgan fingerprint density at radius 2 is 2.31 bits per heavy atom. The number of H-pyrrole nitrogens is 1. The van der Waals surface area contributed by atoms with E-state index in [1.54, 1.807) is 6.20 Å². The Bertz CT molecular complexity index is 377. The molecule has 0 spiro atoms. The van der Waals surface area contributed by atoms with Gasteiger partial charge in [-0.3, -0.25) is 9.89 Å². The molecule has 2 unspecified atom stereocenters. The first-order valence-electron chi connectivity index (χ1n) is 6.00. The van der Waals surface area contributed by atoms with Crippen molar-refractivity contribution in [1.82, 2.24) is 15.1 Å². The largest absolute Gasteiger partial charge is 0.341 e. The van der Waals surface area contributed by atoms with Crippen LogP contribution in [0.1, 0.15) is 24.8 Å². The highest BCUT2D eigenvalue weighted by atomic mass is 16.2. The first-order chi connectivity index (χ1) is 7.77. The van der Waals surface area contributed by atoms with E-state index in [2.05, 4.69) is 10.2 Å². The number of aromatic nitrogens is 2. The van der Waals surface area contributed by atoms with Gasteiger partial charge in [-0.1, -0.05) is 6.42 Å². The van der Waals surface area contributed by atoms with Gasteiger partial charge in [0, 0.05) is 31.3 Å². The second-order valence-electron chi connectivity index (χ2n) is 5.09. The van der Waals surface area contributed by atoms with Crippen molar-refractivity contribution >= 4 is 5.91 Å². The summed E-state index contributed by atoms with van der Waals surface area (Å²) in [6.45, 7) is 0.672. The van der Waals surface area contributed by atoms with Crippen LogP contribution in [-0.4, -0.2) is 28.1 Å². The summed E-state index contributed by atoms with van der Waals surface area (Å²) in [4.78, 5) is 14.0. The molecule has 0 aromatic carbocycles. The molecule has 0 bridgehead atoms. The number of nitrogens with zero attached hydrogens (tertiary/aromatic N) is 2. The number of fused-ring (bicyclic) bond motifs is 1. The van der Waals surface area contributed by atoms with Gasteiger partial charge in [0.2, 0.25) is 5.91 Å². The molecule has 16 heavy (non-hydrogen) atoms. The van der Waals surface area contributed by atoms with Gasteiger partial charge in [0.1, 0.15) is 0 Å². The number of carbonyl (C=O) groups excluding carboxylic acids is 1. The number of hydrogen-bond acceptors (Lipinski definition) is 2. The second-order valence-corrected chi connectivity index (χ2v) is 5.09. The van der Waals surface area contributed by atoms with Crippen LogP contribution < -0.4 is 0 Å². The van der Waals surface area contributed by atoms with Crippen molar-refractivity contribution in [1.29, 1.82) is 0 Å². The van der Waals surface area contributed by atoms with Crippen LogP contribution in [0.4, 0.5) is 0 Å². The Labute approximate surface area is 95.0 Å². The van der Waals surface area contributed by atoms with Gasteiger partial charge >= 0.3 is 0 Å². The summed E-state index contributed by atoms with van der Waals surface area (Å²) in [7, 11) is 1.89. The van der Waals surface area contributed by atoms with Gasteiger partial charge in [0.15, 0.2) is 0 Å². The number of rotatable bonds is 3. The third-order valence-electron chi connectivity index (χ3n) is 4.04. The molecule has 3 rings (SSSR count). The van der Waals surface area contributed by atoms with Crippen LogP contribution in [0.2, 0.25) is 0 Å². The molecule has 1 aromatic heterocycles. The van der Waals surface area contributed by atoms with Crippen LogP contribution in [0.3, 0.4) is 0 Å². The maximum Gasteiger partial charge on any atom is 0.226 e. The van der Waals surface area contributed by atoms with E-state index in [9.17, 15) is 4.79 Å². The third kappa shape index (κ3) is 1.52. The van der Waals surface area contributed by atoms with E-state index in [-0.39, 0.29) is 0 Å². The summed E-state index contributed by atoms with van der Waals surface area (Å²) in [6.07, 6.45) is 7.47. The van der Waals surface area contributed by atoms with Crippen LogP contribution in [0.15, 0.2) is 12.4 Å². The van der Waals surface area contributed by atoms with Gasteiger partial charge in [0.05, 0.1) is 6.20 Å². The Balaban J connectivity index is 1.59. The lowest BCUT2D eigenvalue weighted by Crippen LogP contribution is -2.28. The van der Waals surface area contributed by atoms with E-state index >= 15 is 0 Å². The van der Waals surface area contributed by atoms with E-state index in [0.29, 0.717) is 30.2 Å². The fourth-order valence-electron chi connectivity index (χ4n) is 3.16. The zero-order valence-electron chi connectivity index (χ0n) is 9.52. The van der Waals surface area contributed by atoms with Crippen molar-refractivity contribution in [3.8, 4) is 0 Å². The van der Waals surface area contributed by atoms with Crippen LogP contribution >= 0.6 is 0 Å². The summed E-state index contributed by atoms with van der Waals surface area (Å²) in [6, 6.07) is 0. The lowest BCUT2D eigenvalue weighted by molar-refractivity contribution is -0.132. The molecule has 0 radical (unpaired) electrons. The van der Waals surface area contributed by atoms with Crippen molar-refractivity contribution in [2.24, 2.45) is 17.8 Å². The lowest BCUT2D eigenvalue weighted by atomic mass is 10.1. The maximum atomic E-state index is 12.1. The number of carbonyl (C=O) groups is 1. The molecular formula is C12H17N3O. The topological polar surface area (TPSA) is 49.0 Å². The molecule has 2 atom stereocenters. The molecule has 2 saturated carbocycles. The number of aromatic amines is 1. The molecule has 86 valence electrons. The molecule has 4 nitrogen and oxygen atoms in total. The first-order valence-corrected chi connectivity index (χ1v) is 6.00. The molecule has 1 N–H and O–H groups in total. The Morgan fingerprint density at radius 3 is 2.94 bits per heavy atom. The number of amides is 1. The minimum atomic E-state index is 0.330. The van der Waals surface area contributed by atoms with Crippen molar-refractivity contribution in [2.45, 2.75) is 25.8 Å². The molecule has 2 aliphatic carbocycles. The predicted octanol–water partition coefficient (Wildman–Crippen LogP) is 1.41. The standard InChI is InChI=1S/C12H17N3O/c1-15(7-8-5-13-14-6-8)12(16)11-9-3-2-4-10(9)11/h5-6,9-11H,2-4,7H2,1H3,(H,13,14). The van der Waals surface area contributed by atoms with Crippen LogP contribution in [0, 0.1) is 17.8 Å². The first kappa shape index (κ1) is 9.87. The molecule has 2 fully saturated rings. The SMILES string of the molecule is CN(Cc1cn[nH]c1)C(=O)C1C2CCCC21. The second kappa shape index (κ2) is 3.61. The van der Waals surface area contributed by atoms with E-state index in [1.165, 1.54) is 19.3 Å². The molecule has 4 heteroatoms. The van der Waals surface area contributed by atoms with Crippen LogP contribution in [0.5, 0.6) is 0 Å². The van der Waals surface area contributed by atoms with E-state index in [0.717, 1.165) is 5.56 Å². The number of nitrogens with one attached hydrogen (secondary N) is 1. The monoisotopic (exact) mass is 219 g/mol. The fraction of sp³-hybridized carbons (Fsp3) is 0.667. The molecule has 1 aromatic rings. The fourth-order valence-corrected chi connectivity index (χ4v) is 3.16. The predicted molar refractivity (Wildman–Crippen MR) is 59.4 cm³/mol. The molecular weight excluding hydrogens is 202 g/mol. The highest BCUT2D eigenvalue weighted by Crippen LogP contribution is 2.58. The van der Waals surface area contributed by atoms with Crippen molar-refractivity contribution in [2.75, 3.05) is 7.05 Å². The minimum absolute atomic E-state index is 0.330. The van der Waals surface area contributed by atoms with Crippen molar-refractivity contribution < 1.29 is 4.79 Å². The van der Waals surface area contributed by atoms with Crippen molar-refractivity contribution in [3.05, 3.63) is 18.0 Å². The van der Waals surface area contributed by atoms with Gasteiger partial charge in [-0.05, 0) is 24.7 Å². The Morgan fingerprint density at radius 1 is 1.56 bits per heavy atom. The number of hydrogen-bond donors (Lipinski definition) is 1. The zero-order chi connectivity index (χ0) is 11.1. The molecule has 2 aliphatic rings. The molecule has 1 heterocycles. The third-order valence-corrected chi connectivity index (χ3v) is 4.04. The summed E-state index contributed by atoms with van der Waals surface area (Å²) in [5.74, 6) is 2.08. The van der Waals surface area contributed by atoms with Gasteiger partial charge in [-0.25, -0.2) is 0 Å². The van der Waals surface area contributed by atoms with E-state index < -0.39 is 0 Å². The Kier molecular flexibility index (Phi) is 2.23. The quantitative estimate of drug-likeness (QED) is 0.835. The van der Waals surface area contributed by atoms with Crippen LogP contribution in [0.25, 0.3) is 0 Å². The average molecular weight is 219 g/mol. The summed E-state index contributed by atoms with van der Waals surface area (Å²) in [5.41, 5.74) is 1.07. The summed E-state index contributed by atoms with van der Waals surface area (Å²) >= 11 is 0. The molecule has 0 saturated heterocycles. The zero-order valence-corrected chi connectivity index (χ0v) is 9.52. The van der Waals surface area contributed by atoms with Gasteiger partial charge in [0.25, 0.3) is 0 Å². The highest BCUT2D eigenvalue weighted by molar-refractivity contribution is 5.82. The Hall–Kier alpha value is -1.32. The summed E-state index contributed by atoms with van der Waals surface area (Å²) in [5, 5.41) is 6.66. The maximum absolute atomic E-state index is 12.1. The molecule has 0 aliphatic heterocycles. The highest BCUT2D eigenvalue weighted by Gasteiger charge is 2.57. The van der Waals surface area contributed by atoms with Gasteiger partial charge in [-0.15, -0.1) is 0 Å². The van der Waals surface area contributed by atoms with Gasteiger partial charge < -0.3 is 4.90 Å². The minimum Gasteiger partial charge on any atom is -0.341 e. The van der Waals surface area contributed by atoms with Crippen molar-refractivity contribution in [3.63, 3.8) is 0 Å². The smallest absolute Gasteiger partial charge is 0.226 e. The average Bonchev–Trinajstić information content (AvgIpc) is 2.75. The van der Waals surface area contributed by atoms with E-state index in [1.807, 2.05) is 18.1 Å². The van der Waals surface area contributed by atoms with Gasteiger partial charge in [-0.2, -0.15) is 5.10 Å². The lowest BCUT2D eigenvalue weighted by Gasteiger charge is -2.17. The van der Waals surface area contributed by atoms with Crippen LogP contribution in [-0.2, 0) is 11.3 Å². The van der Waals surface area contributed by atoms with E-state index in [4.69, 9.17) is 0 Å².